The molecular weight excluding hydrogens is 258 g/mol. The third kappa shape index (κ3) is 3.18. The van der Waals surface area contributed by atoms with Gasteiger partial charge in [-0.2, -0.15) is 5.10 Å². The number of ether oxygens (including phenoxy) is 1. The third-order valence-electron chi connectivity index (χ3n) is 3.77. The molecule has 6 heteroatoms. The zero-order chi connectivity index (χ0) is 14.7. The number of methoxy groups -OCH3 is 1. The van der Waals surface area contributed by atoms with E-state index in [1.54, 1.807) is 9.58 Å². The molecule has 2 rings (SSSR count). The van der Waals surface area contributed by atoms with Crippen LogP contribution in [0.4, 0.5) is 0 Å². The van der Waals surface area contributed by atoms with E-state index in [-0.39, 0.29) is 24.3 Å². The molecule has 0 saturated carbocycles. The average Bonchev–Trinajstić information content (AvgIpc) is 2.76. The van der Waals surface area contributed by atoms with Crippen LogP contribution in [0.25, 0.3) is 0 Å². The van der Waals surface area contributed by atoms with Crippen molar-refractivity contribution in [2.24, 2.45) is 5.92 Å². The molecule has 2 heterocycles. The molecule has 1 saturated heterocycles. The van der Waals surface area contributed by atoms with Crippen molar-refractivity contribution < 1.29 is 14.3 Å². The van der Waals surface area contributed by atoms with Gasteiger partial charge in [-0.05, 0) is 32.8 Å². The van der Waals surface area contributed by atoms with Gasteiger partial charge in [0.2, 0.25) is 5.91 Å². The van der Waals surface area contributed by atoms with E-state index in [4.69, 9.17) is 4.74 Å². The van der Waals surface area contributed by atoms with Crippen LogP contribution in [0.15, 0.2) is 6.07 Å². The number of carbonyl (C=O) groups is 2. The van der Waals surface area contributed by atoms with Gasteiger partial charge in [0.25, 0.3) is 0 Å². The van der Waals surface area contributed by atoms with Crippen molar-refractivity contribution in [2.45, 2.75) is 33.2 Å². The van der Waals surface area contributed by atoms with E-state index in [1.807, 2.05) is 19.9 Å². The predicted molar refractivity (Wildman–Crippen MR) is 73.0 cm³/mol. The highest BCUT2D eigenvalue weighted by atomic mass is 16.5. The van der Waals surface area contributed by atoms with E-state index in [1.165, 1.54) is 7.11 Å². The molecule has 1 fully saturated rings. The molecular formula is C14H21N3O3. The second-order valence-electron chi connectivity index (χ2n) is 5.26. The largest absolute Gasteiger partial charge is 0.469 e. The molecule has 1 amide bonds. The number of hydrogen-bond donors (Lipinski definition) is 0. The van der Waals surface area contributed by atoms with Crippen molar-refractivity contribution in [1.29, 1.82) is 0 Å². The lowest BCUT2D eigenvalue weighted by molar-refractivity contribution is -0.149. The minimum atomic E-state index is -0.171. The second-order valence-corrected chi connectivity index (χ2v) is 5.26. The molecule has 0 radical (unpaired) electrons. The summed E-state index contributed by atoms with van der Waals surface area (Å²) in [6, 6.07) is 1.96. The summed E-state index contributed by atoms with van der Waals surface area (Å²) >= 11 is 0. The zero-order valence-corrected chi connectivity index (χ0v) is 12.3. The first kappa shape index (κ1) is 14.6. The quantitative estimate of drug-likeness (QED) is 0.772. The molecule has 6 nitrogen and oxygen atoms in total. The van der Waals surface area contributed by atoms with Crippen LogP contribution in [-0.4, -0.2) is 46.8 Å². The van der Waals surface area contributed by atoms with Crippen molar-refractivity contribution >= 4 is 11.9 Å². The summed E-state index contributed by atoms with van der Waals surface area (Å²) in [6.45, 7) is 5.34. The van der Waals surface area contributed by atoms with Crippen LogP contribution in [-0.2, 0) is 20.9 Å². The maximum Gasteiger partial charge on any atom is 0.308 e. The van der Waals surface area contributed by atoms with E-state index in [0.29, 0.717) is 25.9 Å². The Morgan fingerprint density at radius 1 is 1.35 bits per heavy atom. The van der Waals surface area contributed by atoms with Gasteiger partial charge in [0, 0.05) is 18.8 Å². The molecule has 0 aromatic carbocycles. The molecule has 0 spiro atoms. The number of amides is 1. The van der Waals surface area contributed by atoms with E-state index >= 15 is 0 Å². The van der Waals surface area contributed by atoms with Crippen molar-refractivity contribution in [3.63, 3.8) is 0 Å². The average molecular weight is 279 g/mol. The van der Waals surface area contributed by atoms with Crippen molar-refractivity contribution in [3.05, 3.63) is 17.5 Å². The minimum absolute atomic E-state index is 0.0551. The van der Waals surface area contributed by atoms with Gasteiger partial charge >= 0.3 is 5.97 Å². The molecule has 0 bridgehead atoms. The van der Waals surface area contributed by atoms with Crippen LogP contribution in [0.2, 0.25) is 0 Å². The first-order valence-electron chi connectivity index (χ1n) is 6.88. The molecule has 1 aliphatic rings. The number of rotatable bonds is 3. The second kappa shape index (κ2) is 6.07. The van der Waals surface area contributed by atoms with Gasteiger partial charge < -0.3 is 9.64 Å². The Kier molecular flexibility index (Phi) is 4.42. The Balaban J connectivity index is 1.89. The van der Waals surface area contributed by atoms with Gasteiger partial charge in [-0.25, -0.2) is 0 Å². The first-order chi connectivity index (χ1) is 9.51. The summed E-state index contributed by atoms with van der Waals surface area (Å²) in [6.07, 6.45) is 1.35. The summed E-state index contributed by atoms with van der Waals surface area (Å²) in [5.41, 5.74) is 1.90. The SMILES string of the molecule is COC(=O)C1CCN(C(=O)Cn2nc(C)cc2C)CC1. The number of aryl methyl sites for hydroxylation is 2. The van der Waals surface area contributed by atoms with Gasteiger partial charge in [-0.15, -0.1) is 0 Å². The maximum atomic E-state index is 12.2. The number of hydrogen-bond acceptors (Lipinski definition) is 4. The lowest BCUT2D eigenvalue weighted by atomic mass is 9.97. The lowest BCUT2D eigenvalue weighted by Crippen LogP contribution is -2.42. The lowest BCUT2D eigenvalue weighted by Gasteiger charge is -2.30. The van der Waals surface area contributed by atoms with Crippen LogP contribution in [0.3, 0.4) is 0 Å². The monoisotopic (exact) mass is 279 g/mol. The van der Waals surface area contributed by atoms with Crippen molar-refractivity contribution in [2.75, 3.05) is 20.2 Å². The van der Waals surface area contributed by atoms with Crippen LogP contribution in [0.5, 0.6) is 0 Å². The van der Waals surface area contributed by atoms with Crippen LogP contribution >= 0.6 is 0 Å². The van der Waals surface area contributed by atoms with Gasteiger partial charge in [0.05, 0.1) is 18.7 Å². The standard InChI is InChI=1S/C14H21N3O3/c1-10-8-11(2)17(15-10)9-13(18)16-6-4-12(5-7-16)14(19)20-3/h8,12H,4-7,9H2,1-3H3. The summed E-state index contributed by atoms with van der Waals surface area (Å²) in [5.74, 6) is -0.187. The highest BCUT2D eigenvalue weighted by molar-refractivity contribution is 5.77. The third-order valence-corrected chi connectivity index (χ3v) is 3.77. The Labute approximate surface area is 118 Å². The smallest absolute Gasteiger partial charge is 0.308 e. The van der Waals surface area contributed by atoms with Gasteiger partial charge in [-0.1, -0.05) is 0 Å². The number of likely N-dealkylation sites (tertiary alicyclic amines) is 1. The molecule has 1 aromatic rings. The summed E-state index contributed by atoms with van der Waals surface area (Å²) in [4.78, 5) is 25.5. The molecule has 0 atom stereocenters. The summed E-state index contributed by atoms with van der Waals surface area (Å²) in [5, 5.41) is 4.30. The Morgan fingerprint density at radius 3 is 2.50 bits per heavy atom. The molecule has 110 valence electrons. The number of nitrogens with zero attached hydrogens (tertiary/aromatic N) is 3. The Morgan fingerprint density at radius 2 is 2.00 bits per heavy atom. The molecule has 20 heavy (non-hydrogen) atoms. The topological polar surface area (TPSA) is 64.4 Å². The maximum absolute atomic E-state index is 12.2. The number of aromatic nitrogens is 2. The predicted octanol–water partition coefficient (Wildman–Crippen LogP) is 0.912. The first-order valence-corrected chi connectivity index (χ1v) is 6.88. The molecule has 0 unspecified atom stereocenters. The highest BCUT2D eigenvalue weighted by Gasteiger charge is 2.28. The fraction of sp³-hybridized carbons (Fsp3) is 0.643. The van der Waals surface area contributed by atoms with Crippen LogP contribution in [0.1, 0.15) is 24.2 Å². The zero-order valence-electron chi connectivity index (χ0n) is 12.3. The molecule has 0 N–H and O–H groups in total. The van der Waals surface area contributed by atoms with Gasteiger partial charge in [0.15, 0.2) is 0 Å². The number of piperidine rings is 1. The Hall–Kier alpha value is -1.85. The van der Waals surface area contributed by atoms with E-state index < -0.39 is 0 Å². The van der Waals surface area contributed by atoms with Crippen LogP contribution < -0.4 is 0 Å². The fourth-order valence-corrected chi connectivity index (χ4v) is 2.59. The van der Waals surface area contributed by atoms with E-state index in [0.717, 1.165) is 11.4 Å². The molecule has 0 aliphatic carbocycles. The van der Waals surface area contributed by atoms with Gasteiger partial charge in [-0.3, -0.25) is 14.3 Å². The van der Waals surface area contributed by atoms with Crippen molar-refractivity contribution in [3.8, 4) is 0 Å². The van der Waals surface area contributed by atoms with E-state index in [2.05, 4.69) is 5.10 Å². The fourth-order valence-electron chi connectivity index (χ4n) is 2.59. The summed E-state index contributed by atoms with van der Waals surface area (Å²) in [7, 11) is 1.41. The normalized spacial score (nSPS) is 16.2. The summed E-state index contributed by atoms with van der Waals surface area (Å²) < 4.78 is 6.47. The molecule has 1 aliphatic heterocycles. The number of esters is 1. The van der Waals surface area contributed by atoms with Crippen molar-refractivity contribution in [1.82, 2.24) is 14.7 Å². The highest BCUT2D eigenvalue weighted by Crippen LogP contribution is 2.18. The molecule has 1 aromatic heterocycles. The van der Waals surface area contributed by atoms with Gasteiger partial charge in [0.1, 0.15) is 6.54 Å². The number of carbonyl (C=O) groups excluding carboxylic acids is 2. The van der Waals surface area contributed by atoms with E-state index in [9.17, 15) is 9.59 Å². The minimum Gasteiger partial charge on any atom is -0.469 e. The van der Waals surface area contributed by atoms with Crippen LogP contribution in [0, 0.1) is 19.8 Å². The Bertz CT molecular complexity index is 502.